The molecule has 1 atom stereocenters. The van der Waals surface area contributed by atoms with Crippen LogP contribution in [0.1, 0.15) is 39.0 Å². The summed E-state index contributed by atoms with van der Waals surface area (Å²) in [4.78, 5) is 0. The zero-order valence-corrected chi connectivity index (χ0v) is 19.7. The second-order valence-corrected chi connectivity index (χ2v) is 8.60. The van der Waals surface area contributed by atoms with Gasteiger partial charge in [0.1, 0.15) is 17.3 Å². The average Bonchev–Trinajstić information content (AvgIpc) is 3.15. The van der Waals surface area contributed by atoms with Crippen molar-refractivity contribution in [3.63, 3.8) is 0 Å². The number of para-hydroxylation sites is 1. The summed E-state index contributed by atoms with van der Waals surface area (Å²) in [6, 6.07) is 16.2. The Morgan fingerprint density at radius 2 is 1.75 bits per heavy atom. The molecule has 1 aromatic heterocycles. The molecule has 0 radical (unpaired) electrons. The van der Waals surface area contributed by atoms with Gasteiger partial charge in [-0.1, -0.05) is 54.4 Å². The fraction of sp³-hybridized carbons (Fsp3) is 0.259. The Bertz CT molecular complexity index is 1320. The van der Waals surface area contributed by atoms with Crippen LogP contribution < -0.4 is 4.74 Å². The van der Waals surface area contributed by atoms with Crippen molar-refractivity contribution >= 4 is 28.1 Å². The number of nitrogens with zero attached hydrogens (tertiary/aromatic N) is 2. The van der Waals surface area contributed by atoms with E-state index in [-0.39, 0.29) is 11.0 Å². The van der Waals surface area contributed by atoms with Gasteiger partial charge in [0.2, 0.25) is 0 Å². The first-order valence-electron chi connectivity index (χ1n) is 10.6. The fourth-order valence-corrected chi connectivity index (χ4v) is 4.48. The molecule has 0 fully saturated rings. The Labute approximate surface area is 193 Å². The van der Waals surface area contributed by atoms with Crippen molar-refractivity contribution in [3.8, 4) is 5.75 Å². The summed E-state index contributed by atoms with van der Waals surface area (Å²) < 4.78 is 22.0. The van der Waals surface area contributed by atoms with Crippen molar-refractivity contribution in [1.29, 1.82) is 0 Å². The highest BCUT2D eigenvalue weighted by Crippen LogP contribution is 2.40. The molecule has 32 heavy (non-hydrogen) atoms. The Morgan fingerprint density at radius 3 is 2.44 bits per heavy atom. The van der Waals surface area contributed by atoms with E-state index in [1.807, 2.05) is 61.9 Å². The minimum absolute atomic E-state index is 0.208. The minimum atomic E-state index is -0.396. The molecule has 0 saturated heterocycles. The zero-order valence-electron chi connectivity index (χ0n) is 19.0. The number of ether oxygens (including phenoxy) is 1. The Kier molecular flexibility index (Phi) is 6.10. The molecular formula is C27H26ClFN2O. The highest BCUT2D eigenvalue weighted by molar-refractivity contribution is 6.30. The number of methoxy groups -OCH3 is 1. The Balaban J connectivity index is 1.90. The topological polar surface area (TPSA) is 27.1 Å². The van der Waals surface area contributed by atoms with Crippen LogP contribution in [-0.4, -0.2) is 16.9 Å². The number of allylic oxidation sites excluding steroid dienone is 5. The van der Waals surface area contributed by atoms with E-state index in [2.05, 4.69) is 17.9 Å². The third kappa shape index (κ3) is 3.92. The van der Waals surface area contributed by atoms with Crippen molar-refractivity contribution in [3.05, 3.63) is 93.1 Å². The molecule has 4 rings (SSSR count). The number of aromatic nitrogens is 2. The van der Waals surface area contributed by atoms with Gasteiger partial charge in [-0.15, -0.1) is 5.73 Å². The van der Waals surface area contributed by atoms with E-state index in [1.165, 1.54) is 0 Å². The largest absolute Gasteiger partial charge is 0.497 e. The van der Waals surface area contributed by atoms with E-state index in [9.17, 15) is 4.39 Å². The van der Waals surface area contributed by atoms with Gasteiger partial charge < -0.3 is 4.74 Å². The van der Waals surface area contributed by atoms with Crippen molar-refractivity contribution in [2.24, 2.45) is 5.92 Å². The monoisotopic (exact) mass is 448 g/mol. The Morgan fingerprint density at radius 1 is 1.06 bits per heavy atom. The van der Waals surface area contributed by atoms with Crippen LogP contribution >= 0.6 is 11.6 Å². The zero-order chi connectivity index (χ0) is 23.0. The van der Waals surface area contributed by atoms with Crippen LogP contribution in [0.15, 0.2) is 81.8 Å². The summed E-state index contributed by atoms with van der Waals surface area (Å²) in [5.41, 5.74) is 9.42. The quantitative estimate of drug-likeness (QED) is 0.388. The van der Waals surface area contributed by atoms with E-state index < -0.39 is 5.83 Å². The highest BCUT2D eigenvalue weighted by atomic mass is 35.5. The van der Waals surface area contributed by atoms with Gasteiger partial charge in [0.05, 0.1) is 24.2 Å². The van der Waals surface area contributed by atoms with E-state index in [0.717, 1.165) is 44.6 Å². The van der Waals surface area contributed by atoms with E-state index in [1.54, 1.807) is 14.0 Å². The number of benzene rings is 2. The molecule has 1 unspecified atom stereocenters. The van der Waals surface area contributed by atoms with E-state index in [0.29, 0.717) is 12.1 Å². The Hall–Kier alpha value is -3.07. The molecule has 1 aliphatic carbocycles. The molecule has 3 nitrogen and oxygen atoms in total. The van der Waals surface area contributed by atoms with Crippen molar-refractivity contribution in [2.75, 3.05) is 7.11 Å². The van der Waals surface area contributed by atoms with Gasteiger partial charge in [-0.05, 0) is 44.5 Å². The van der Waals surface area contributed by atoms with Gasteiger partial charge in [-0.25, -0.2) is 4.39 Å². The molecule has 3 aromatic rings. The van der Waals surface area contributed by atoms with Gasteiger partial charge in [-0.3, -0.25) is 4.68 Å². The lowest BCUT2D eigenvalue weighted by Gasteiger charge is -2.19. The van der Waals surface area contributed by atoms with Crippen molar-refractivity contribution < 1.29 is 9.13 Å². The maximum Gasteiger partial charge on any atom is 0.148 e. The summed E-state index contributed by atoms with van der Waals surface area (Å²) >= 11 is 6.40. The average molecular weight is 449 g/mol. The predicted octanol–water partition coefficient (Wildman–Crippen LogP) is 7.43. The van der Waals surface area contributed by atoms with Crippen LogP contribution in [0.2, 0.25) is 0 Å². The van der Waals surface area contributed by atoms with Gasteiger partial charge >= 0.3 is 0 Å². The predicted molar refractivity (Wildman–Crippen MR) is 129 cm³/mol. The molecule has 1 aliphatic rings. The summed E-state index contributed by atoms with van der Waals surface area (Å²) in [6.07, 6.45) is 0. The van der Waals surface area contributed by atoms with Crippen LogP contribution in [0, 0.1) is 5.92 Å². The summed E-state index contributed by atoms with van der Waals surface area (Å²) in [6.45, 7) is 8.21. The van der Waals surface area contributed by atoms with E-state index >= 15 is 0 Å². The molecule has 0 amide bonds. The molecule has 0 spiro atoms. The first-order chi connectivity index (χ1) is 15.3. The van der Waals surface area contributed by atoms with Gasteiger partial charge in [0.25, 0.3) is 0 Å². The number of hydrogen-bond donors (Lipinski definition) is 0. The molecule has 0 bridgehead atoms. The summed E-state index contributed by atoms with van der Waals surface area (Å²) in [5.74, 6) is 0.167. The smallest absolute Gasteiger partial charge is 0.148 e. The first kappa shape index (κ1) is 22.1. The molecule has 1 heterocycles. The first-order valence-corrected chi connectivity index (χ1v) is 11.0. The van der Waals surface area contributed by atoms with Crippen LogP contribution in [0.3, 0.4) is 0 Å². The lowest BCUT2D eigenvalue weighted by atomic mass is 9.88. The van der Waals surface area contributed by atoms with Gasteiger partial charge in [0.15, 0.2) is 0 Å². The number of halogens is 2. The SMILES string of the molecule is COc1ccc(Cn2nc(/C3=C(\C)C(C)/C(Cl)=C(/F)C(C)=C=C3C)c3ccccc32)cc1. The lowest BCUT2D eigenvalue weighted by molar-refractivity contribution is 0.414. The minimum Gasteiger partial charge on any atom is -0.497 e. The standard InChI is InChI=1S/C27H26ClFN2O/c1-16-14-17(2)26(29)25(28)19(4)18(3)24(16)27-22-8-6-7-9-23(22)31(30-27)15-20-10-12-21(32-5)13-11-20/h6-13,19H,15H2,1-5H3/b24-18+,26-25-. The molecule has 0 saturated carbocycles. The van der Waals surface area contributed by atoms with Gasteiger partial charge in [0, 0.05) is 28.0 Å². The molecular weight excluding hydrogens is 423 g/mol. The number of rotatable bonds is 4. The maximum absolute atomic E-state index is 14.7. The lowest BCUT2D eigenvalue weighted by Crippen LogP contribution is -2.07. The second-order valence-electron chi connectivity index (χ2n) is 8.19. The van der Waals surface area contributed by atoms with Crippen LogP contribution in [0.25, 0.3) is 16.5 Å². The van der Waals surface area contributed by atoms with Crippen LogP contribution in [0.4, 0.5) is 4.39 Å². The molecule has 164 valence electrons. The normalized spacial score (nSPS) is 21.8. The number of fused-ring (bicyclic) bond motifs is 1. The highest BCUT2D eigenvalue weighted by Gasteiger charge is 2.25. The van der Waals surface area contributed by atoms with Crippen molar-refractivity contribution in [1.82, 2.24) is 9.78 Å². The number of hydrogen-bond acceptors (Lipinski definition) is 2. The maximum atomic E-state index is 14.7. The summed E-state index contributed by atoms with van der Waals surface area (Å²) in [5, 5.41) is 6.28. The van der Waals surface area contributed by atoms with Crippen LogP contribution in [-0.2, 0) is 6.54 Å². The molecule has 2 aromatic carbocycles. The third-order valence-corrected chi connectivity index (χ3v) is 6.59. The second kappa shape index (κ2) is 8.82. The fourth-order valence-electron chi connectivity index (χ4n) is 4.17. The van der Waals surface area contributed by atoms with Crippen LogP contribution in [0.5, 0.6) is 5.75 Å². The van der Waals surface area contributed by atoms with E-state index in [4.69, 9.17) is 21.4 Å². The van der Waals surface area contributed by atoms with Gasteiger partial charge in [-0.2, -0.15) is 5.10 Å². The third-order valence-electron chi connectivity index (χ3n) is 6.10. The molecule has 0 N–H and O–H groups in total. The molecule has 5 heteroatoms. The summed E-state index contributed by atoms with van der Waals surface area (Å²) in [7, 11) is 1.66. The van der Waals surface area contributed by atoms with Crippen molar-refractivity contribution in [2.45, 2.75) is 34.2 Å². The molecule has 0 aliphatic heterocycles.